The highest BCUT2D eigenvalue weighted by Gasteiger charge is 2.12. The van der Waals surface area contributed by atoms with E-state index in [1.54, 1.807) is 7.11 Å². The Kier molecular flexibility index (Phi) is 6.86. The maximum atomic E-state index is 11.9. The summed E-state index contributed by atoms with van der Waals surface area (Å²) >= 11 is 2.81. The highest BCUT2D eigenvalue weighted by Crippen LogP contribution is 2.28. The van der Waals surface area contributed by atoms with E-state index < -0.39 is 0 Å². The third kappa shape index (κ3) is 5.68. The van der Waals surface area contributed by atoms with Crippen molar-refractivity contribution in [3.05, 3.63) is 24.3 Å². The van der Waals surface area contributed by atoms with Crippen molar-refractivity contribution in [1.29, 1.82) is 0 Å². The number of ether oxygens (including phenoxy) is 1. The SMILES string of the molecule is COc1cccc(Nc2nnc(SCC(=O)N[C@@H](C)C(C)C)s2)c1. The predicted octanol–water partition coefficient (Wildman–Crippen LogP) is 3.54. The number of aromatic nitrogens is 2. The molecule has 1 heterocycles. The van der Waals surface area contributed by atoms with Gasteiger partial charge in [-0.25, -0.2) is 0 Å². The van der Waals surface area contributed by atoms with Gasteiger partial charge in [0.2, 0.25) is 11.0 Å². The molecule has 0 spiro atoms. The van der Waals surface area contributed by atoms with Gasteiger partial charge in [0.1, 0.15) is 5.75 Å². The molecule has 2 aromatic rings. The van der Waals surface area contributed by atoms with Gasteiger partial charge in [0.05, 0.1) is 12.9 Å². The van der Waals surface area contributed by atoms with E-state index in [9.17, 15) is 4.79 Å². The Balaban J connectivity index is 1.85. The molecule has 0 saturated heterocycles. The predicted molar refractivity (Wildman–Crippen MR) is 99.4 cm³/mol. The highest BCUT2D eigenvalue weighted by molar-refractivity contribution is 8.01. The number of nitrogens with one attached hydrogen (secondary N) is 2. The summed E-state index contributed by atoms with van der Waals surface area (Å²) in [6.45, 7) is 6.17. The van der Waals surface area contributed by atoms with E-state index in [2.05, 4.69) is 34.7 Å². The maximum Gasteiger partial charge on any atom is 0.230 e. The Morgan fingerprint density at radius 3 is 2.83 bits per heavy atom. The molecule has 1 atom stereocenters. The van der Waals surface area contributed by atoms with Crippen molar-refractivity contribution in [3.8, 4) is 5.75 Å². The number of hydrogen-bond donors (Lipinski definition) is 2. The summed E-state index contributed by atoms with van der Waals surface area (Å²) in [6, 6.07) is 7.76. The van der Waals surface area contributed by atoms with Crippen LogP contribution >= 0.6 is 23.1 Å². The summed E-state index contributed by atoms with van der Waals surface area (Å²) in [5.41, 5.74) is 0.880. The topological polar surface area (TPSA) is 76.1 Å². The maximum absolute atomic E-state index is 11.9. The quantitative estimate of drug-likeness (QED) is 0.696. The molecular weight excluding hydrogens is 344 g/mol. The molecule has 0 unspecified atom stereocenters. The van der Waals surface area contributed by atoms with Gasteiger partial charge in [-0.3, -0.25) is 4.79 Å². The molecule has 0 aliphatic rings. The standard InChI is InChI=1S/C16H22N4O2S2/c1-10(2)11(3)17-14(21)9-23-16-20-19-15(24-16)18-12-6-5-7-13(8-12)22-4/h5-8,10-11H,9H2,1-4H3,(H,17,21)(H,18,19)/t11-/m0/s1. The molecule has 0 radical (unpaired) electrons. The van der Waals surface area contributed by atoms with Crippen LogP contribution in [0.3, 0.4) is 0 Å². The second kappa shape index (κ2) is 8.89. The number of thioether (sulfide) groups is 1. The average molecular weight is 367 g/mol. The van der Waals surface area contributed by atoms with E-state index in [1.807, 2.05) is 31.2 Å². The molecule has 2 rings (SSSR count). The smallest absolute Gasteiger partial charge is 0.230 e. The second-order valence-corrected chi connectivity index (χ2v) is 7.82. The number of hydrogen-bond acceptors (Lipinski definition) is 7. The van der Waals surface area contributed by atoms with E-state index in [-0.39, 0.29) is 11.9 Å². The molecule has 0 bridgehead atoms. The van der Waals surface area contributed by atoms with Crippen molar-refractivity contribution in [1.82, 2.24) is 15.5 Å². The Morgan fingerprint density at radius 1 is 1.33 bits per heavy atom. The molecule has 6 nitrogen and oxygen atoms in total. The van der Waals surface area contributed by atoms with Crippen molar-refractivity contribution in [2.24, 2.45) is 5.92 Å². The van der Waals surface area contributed by atoms with Gasteiger partial charge in [-0.15, -0.1) is 10.2 Å². The first-order valence-corrected chi connectivity index (χ1v) is 9.45. The fourth-order valence-corrected chi connectivity index (χ4v) is 3.32. The van der Waals surface area contributed by atoms with Gasteiger partial charge in [-0.05, 0) is 25.0 Å². The number of anilines is 2. The minimum atomic E-state index is 0.0127. The van der Waals surface area contributed by atoms with Crippen LogP contribution in [0.25, 0.3) is 0 Å². The van der Waals surface area contributed by atoms with Crippen molar-refractivity contribution in [2.45, 2.75) is 31.2 Å². The van der Waals surface area contributed by atoms with Crippen LogP contribution in [0.2, 0.25) is 0 Å². The molecule has 0 aliphatic heterocycles. The molecule has 130 valence electrons. The van der Waals surface area contributed by atoms with E-state index >= 15 is 0 Å². The lowest BCUT2D eigenvalue weighted by atomic mass is 10.1. The van der Waals surface area contributed by atoms with Crippen molar-refractivity contribution >= 4 is 39.8 Å². The summed E-state index contributed by atoms with van der Waals surface area (Å²) in [5, 5.41) is 15.0. The molecule has 0 saturated carbocycles. The lowest BCUT2D eigenvalue weighted by molar-refractivity contribution is -0.119. The highest BCUT2D eigenvalue weighted by atomic mass is 32.2. The first kappa shape index (κ1) is 18.5. The van der Waals surface area contributed by atoms with Gasteiger partial charge in [0, 0.05) is 17.8 Å². The molecule has 0 aliphatic carbocycles. The van der Waals surface area contributed by atoms with Crippen LogP contribution in [0, 0.1) is 5.92 Å². The largest absolute Gasteiger partial charge is 0.497 e. The molecular formula is C16H22N4O2S2. The van der Waals surface area contributed by atoms with Gasteiger partial charge >= 0.3 is 0 Å². The van der Waals surface area contributed by atoms with Gasteiger partial charge in [0.15, 0.2) is 4.34 Å². The Bertz CT molecular complexity index is 676. The van der Waals surface area contributed by atoms with Gasteiger partial charge in [-0.1, -0.05) is 43.0 Å². The minimum absolute atomic E-state index is 0.0127. The van der Waals surface area contributed by atoms with E-state index in [1.165, 1.54) is 23.1 Å². The Labute approximate surface area is 150 Å². The van der Waals surface area contributed by atoms with Crippen LogP contribution in [0.15, 0.2) is 28.6 Å². The summed E-state index contributed by atoms with van der Waals surface area (Å²) in [5.74, 6) is 1.54. The fraction of sp³-hybridized carbons (Fsp3) is 0.438. The summed E-state index contributed by atoms with van der Waals surface area (Å²) in [7, 11) is 1.63. The van der Waals surface area contributed by atoms with Crippen molar-refractivity contribution in [2.75, 3.05) is 18.2 Å². The number of carbonyl (C=O) groups is 1. The molecule has 8 heteroatoms. The Morgan fingerprint density at radius 2 is 2.12 bits per heavy atom. The van der Waals surface area contributed by atoms with E-state index in [4.69, 9.17) is 4.74 Å². The van der Waals surface area contributed by atoms with Crippen LogP contribution < -0.4 is 15.4 Å². The zero-order chi connectivity index (χ0) is 17.5. The number of benzene rings is 1. The first-order chi connectivity index (χ1) is 11.5. The Hall–Kier alpha value is -1.80. The normalized spacial score (nSPS) is 12.0. The lowest BCUT2D eigenvalue weighted by Crippen LogP contribution is -2.37. The van der Waals surface area contributed by atoms with E-state index in [0.717, 1.165) is 15.8 Å². The third-order valence-corrected chi connectivity index (χ3v) is 5.41. The molecule has 24 heavy (non-hydrogen) atoms. The van der Waals surface area contributed by atoms with Crippen molar-refractivity contribution < 1.29 is 9.53 Å². The summed E-state index contributed by atoms with van der Waals surface area (Å²) in [6.07, 6.45) is 0. The van der Waals surface area contributed by atoms with Crippen LogP contribution in [0.1, 0.15) is 20.8 Å². The third-order valence-electron chi connectivity index (χ3n) is 3.44. The zero-order valence-corrected chi connectivity index (χ0v) is 15.8. The summed E-state index contributed by atoms with van der Waals surface area (Å²) in [4.78, 5) is 11.9. The molecule has 1 amide bonds. The fourth-order valence-electron chi connectivity index (χ4n) is 1.73. The lowest BCUT2D eigenvalue weighted by Gasteiger charge is -2.16. The number of methoxy groups -OCH3 is 1. The zero-order valence-electron chi connectivity index (χ0n) is 14.2. The summed E-state index contributed by atoms with van der Waals surface area (Å²) < 4.78 is 5.95. The average Bonchev–Trinajstić information content (AvgIpc) is 3.00. The van der Waals surface area contributed by atoms with Gasteiger partial charge < -0.3 is 15.4 Å². The number of amides is 1. The van der Waals surface area contributed by atoms with Crippen LogP contribution in [0.4, 0.5) is 10.8 Å². The molecule has 0 fully saturated rings. The van der Waals surface area contributed by atoms with Crippen LogP contribution in [-0.2, 0) is 4.79 Å². The number of rotatable bonds is 8. The monoisotopic (exact) mass is 366 g/mol. The molecule has 1 aromatic heterocycles. The van der Waals surface area contributed by atoms with Gasteiger partial charge in [-0.2, -0.15) is 0 Å². The minimum Gasteiger partial charge on any atom is -0.497 e. The number of nitrogens with zero attached hydrogens (tertiary/aromatic N) is 2. The number of carbonyl (C=O) groups excluding carboxylic acids is 1. The first-order valence-electron chi connectivity index (χ1n) is 7.64. The van der Waals surface area contributed by atoms with Crippen LogP contribution in [-0.4, -0.2) is 35.0 Å². The van der Waals surface area contributed by atoms with Crippen molar-refractivity contribution in [3.63, 3.8) is 0 Å². The van der Waals surface area contributed by atoms with Crippen LogP contribution in [0.5, 0.6) is 5.75 Å². The molecule has 1 aromatic carbocycles. The van der Waals surface area contributed by atoms with E-state index in [0.29, 0.717) is 16.8 Å². The second-order valence-electron chi connectivity index (χ2n) is 5.62. The molecule has 2 N–H and O–H groups in total. The van der Waals surface area contributed by atoms with Gasteiger partial charge in [0.25, 0.3) is 0 Å².